The van der Waals surface area contributed by atoms with Crippen molar-refractivity contribution in [3.05, 3.63) is 87.2 Å². The van der Waals surface area contributed by atoms with Crippen LogP contribution in [0.1, 0.15) is 29.4 Å². The largest absolute Gasteiger partial charge is 0.489 e. The Kier molecular flexibility index (Phi) is 8.09. The fourth-order valence-electron chi connectivity index (χ4n) is 2.75. The Balaban J connectivity index is 1.47. The lowest BCUT2D eigenvalue weighted by Gasteiger charge is -2.09. The molecule has 1 heterocycles. The molecule has 0 aliphatic heterocycles. The van der Waals surface area contributed by atoms with Gasteiger partial charge in [0.2, 0.25) is 0 Å². The zero-order valence-corrected chi connectivity index (χ0v) is 19.2. The van der Waals surface area contributed by atoms with Gasteiger partial charge in [0.25, 0.3) is 11.6 Å². The Labute approximate surface area is 195 Å². The molecule has 0 aliphatic carbocycles. The lowest BCUT2D eigenvalue weighted by Crippen LogP contribution is -2.27. The van der Waals surface area contributed by atoms with Gasteiger partial charge in [-0.15, -0.1) is 0 Å². The van der Waals surface area contributed by atoms with Crippen LogP contribution in [0.4, 0.5) is 5.69 Å². The number of nitro benzene ring substituents is 1. The zero-order valence-electron chi connectivity index (χ0n) is 18.4. The van der Waals surface area contributed by atoms with Gasteiger partial charge in [0.15, 0.2) is 5.16 Å². The topological polar surface area (TPSA) is 120 Å². The van der Waals surface area contributed by atoms with Crippen molar-refractivity contribution < 1.29 is 14.5 Å². The summed E-state index contributed by atoms with van der Waals surface area (Å²) in [5.74, 6) is 0.398. The van der Waals surface area contributed by atoms with E-state index in [0.29, 0.717) is 17.5 Å². The Hall–Kier alpha value is -3.79. The highest BCUT2D eigenvalue weighted by atomic mass is 32.2. The molecule has 0 bridgehead atoms. The van der Waals surface area contributed by atoms with Crippen LogP contribution < -0.4 is 10.2 Å². The number of hydrazone groups is 1. The fraction of sp³-hybridized carbons (Fsp3) is 0.217. The molecule has 0 radical (unpaired) electrons. The van der Waals surface area contributed by atoms with Gasteiger partial charge < -0.3 is 4.74 Å². The van der Waals surface area contributed by atoms with E-state index in [1.807, 2.05) is 32.0 Å². The molecule has 170 valence electrons. The van der Waals surface area contributed by atoms with Gasteiger partial charge in [-0.2, -0.15) is 5.10 Å². The molecule has 1 amide bonds. The molecule has 0 saturated heterocycles. The lowest BCUT2D eigenvalue weighted by atomic mass is 10.2. The second-order valence-corrected chi connectivity index (χ2v) is 8.52. The molecule has 0 spiro atoms. The molecular formula is C23H23N5O4S. The Morgan fingerprint density at radius 2 is 1.79 bits per heavy atom. The number of aromatic nitrogens is 2. The Bertz CT molecular complexity index is 1130. The van der Waals surface area contributed by atoms with Gasteiger partial charge in [-0.1, -0.05) is 11.8 Å². The van der Waals surface area contributed by atoms with Crippen LogP contribution in [0.3, 0.4) is 0 Å². The summed E-state index contributed by atoms with van der Waals surface area (Å²) in [6, 6.07) is 15.3. The summed E-state index contributed by atoms with van der Waals surface area (Å²) in [5.41, 5.74) is 5.90. The highest BCUT2D eigenvalue weighted by molar-refractivity contribution is 8.00. The van der Waals surface area contributed by atoms with Crippen molar-refractivity contribution in [3.8, 4) is 5.75 Å². The van der Waals surface area contributed by atoms with Crippen LogP contribution in [0.15, 0.2) is 64.9 Å². The molecule has 1 aromatic heterocycles. The number of nitrogens with zero attached hydrogens (tertiary/aromatic N) is 4. The highest BCUT2D eigenvalue weighted by Crippen LogP contribution is 2.20. The van der Waals surface area contributed by atoms with Gasteiger partial charge in [0.1, 0.15) is 12.4 Å². The summed E-state index contributed by atoms with van der Waals surface area (Å²) < 4.78 is 5.70. The first-order valence-electron chi connectivity index (χ1n) is 10.1. The summed E-state index contributed by atoms with van der Waals surface area (Å²) in [5, 5.41) is 14.9. The Morgan fingerprint density at radius 1 is 1.15 bits per heavy atom. The van der Waals surface area contributed by atoms with Crippen molar-refractivity contribution >= 4 is 29.6 Å². The van der Waals surface area contributed by atoms with Crippen LogP contribution in [-0.4, -0.2) is 32.3 Å². The van der Waals surface area contributed by atoms with Crippen LogP contribution in [0, 0.1) is 24.0 Å². The van der Waals surface area contributed by atoms with Gasteiger partial charge in [-0.25, -0.2) is 15.4 Å². The maximum Gasteiger partial charge on any atom is 0.269 e. The van der Waals surface area contributed by atoms with Gasteiger partial charge in [-0.05, 0) is 74.4 Å². The highest BCUT2D eigenvalue weighted by Gasteiger charge is 2.15. The molecule has 10 heteroatoms. The third kappa shape index (κ3) is 7.39. The third-order valence-electron chi connectivity index (χ3n) is 4.43. The molecule has 3 rings (SSSR count). The molecule has 33 heavy (non-hydrogen) atoms. The number of aryl methyl sites for hydroxylation is 2. The molecule has 0 aliphatic rings. The van der Waals surface area contributed by atoms with Gasteiger partial charge >= 0.3 is 0 Å². The number of nitrogens with one attached hydrogen (secondary N) is 1. The number of hydrogen-bond acceptors (Lipinski definition) is 8. The quantitative estimate of drug-likeness (QED) is 0.165. The average Bonchev–Trinajstić information content (AvgIpc) is 2.78. The second-order valence-electron chi connectivity index (χ2n) is 7.21. The van der Waals surface area contributed by atoms with Crippen molar-refractivity contribution in [1.29, 1.82) is 0 Å². The van der Waals surface area contributed by atoms with Crippen molar-refractivity contribution in [2.24, 2.45) is 5.10 Å². The van der Waals surface area contributed by atoms with E-state index >= 15 is 0 Å². The molecule has 1 N–H and O–H groups in total. The van der Waals surface area contributed by atoms with E-state index in [-0.39, 0.29) is 11.6 Å². The van der Waals surface area contributed by atoms with Crippen molar-refractivity contribution in [1.82, 2.24) is 15.4 Å². The predicted octanol–water partition coefficient (Wildman–Crippen LogP) is 4.21. The number of thioether (sulfide) groups is 1. The van der Waals surface area contributed by atoms with Crippen LogP contribution in [0.5, 0.6) is 5.75 Å². The maximum absolute atomic E-state index is 12.3. The minimum absolute atomic E-state index is 0.0427. The average molecular weight is 466 g/mol. The number of benzene rings is 2. The second kappa shape index (κ2) is 11.2. The molecule has 3 aromatic rings. The molecule has 2 aromatic carbocycles. The van der Waals surface area contributed by atoms with E-state index in [2.05, 4.69) is 20.5 Å². The van der Waals surface area contributed by atoms with Crippen LogP contribution >= 0.6 is 11.8 Å². The minimum atomic E-state index is -0.438. The molecule has 9 nitrogen and oxygen atoms in total. The normalized spacial score (nSPS) is 11.8. The molecule has 1 atom stereocenters. The molecular weight excluding hydrogens is 442 g/mol. The van der Waals surface area contributed by atoms with E-state index < -0.39 is 10.2 Å². The first-order valence-corrected chi connectivity index (χ1v) is 11.0. The number of carbonyl (C=O) groups excluding carboxylic acids is 1. The number of rotatable bonds is 9. The summed E-state index contributed by atoms with van der Waals surface area (Å²) in [7, 11) is 0. The van der Waals surface area contributed by atoms with Crippen molar-refractivity contribution in [3.63, 3.8) is 0 Å². The van der Waals surface area contributed by atoms with E-state index in [0.717, 1.165) is 22.5 Å². The molecule has 0 fully saturated rings. The summed E-state index contributed by atoms with van der Waals surface area (Å²) in [4.78, 5) is 31.2. The van der Waals surface area contributed by atoms with Gasteiger partial charge in [-0.3, -0.25) is 14.9 Å². The molecule has 0 saturated carbocycles. The minimum Gasteiger partial charge on any atom is -0.489 e. The number of carbonyl (C=O) groups is 1. The van der Waals surface area contributed by atoms with E-state index in [1.165, 1.54) is 23.9 Å². The number of nitro groups is 1. The van der Waals surface area contributed by atoms with Crippen LogP contribution in [0.2, 0.25) is 0 Å². The smallest absolute Gasteiger partial charge is 0.269 e. The van der Waals surface area contributed by atoms with Crippen molar-refractivity contribution in [2.45, 2.75) is 37.8 Å². The maximum atomic E-state index is 12.3. The van der Waals surface area contributed by atoms with E-state index in [9.17, 15) is 14.9 Å². The van der Waals surface area contributed by atoms with Gasteiger partial charge in [0, 0.05) is 23.5 Å². The summed E-state index contributed by atoms with van der Waals surface area (Å²) in [6.45, 7) is 5.84. The fourth-order valence-corrected chi connectivity index (χ4v) is 3.62. The monoisotopic (exact) mass is 465 g/mol. The first-order chi connectivity index (χ1) is 15.8. The standard InChI is InChI=1S/C23H23N5O4S/c1-15-12-16(2)26-23(25-15)33-17(3)22(29)27-24-13-18-6-10-21(11-7-18)32-14-19-4-8-20(9-5-19)28(30)31/h4-13,17H,14H2,1-3H3,(H,27,29)/b24-13-/t17-/m1/s1. The number of hydrogen-bond donors (Lipinski definition) is 1. The molecule has 0 unspecified atom stereocenters. The number of non-ortho nitro benzene ring substituents is 1. The predicted molar refractivity (Wildman–Crippen MR) is 126 cm³/mol. The van der Waals surface area contributed by atoms with Crippen LogP contribution in [-0.2, 0) is 11.4 Å². The third-order valence-corrected chi connectivity index (χ3v) is 5.40. The Morgan fingerprint density at radius 3 is 2.39 bits per heavy atom. The van der Waals surface area contributed by atoms with Crippen LogP contribution in [0.25, 0.3) is 0 Å². The number of ether oxygens (including phenoxy) is 1. The van der Waals surface area contributed by atoms with Gasteiger partial charge in [0.05, 0.1) is 16.4 Å². The first kappa shape index (κ1) is 23.9. The SMILES string of the molecule is Cc1cc(C)nc(S[C@H](C)C(=O)N/N=C\c2ccc(OCc3ccc([N+](=O)[O-])cc3)cc2)n1. The summed E-state index contributed by atoms with van der Waals surface area (Å²) in [6.07, 6.45) is 1.54. The van der Waals surface area contributed by atoms with Crippen molar-refractivity contribution in [2.75, 3.05) is 0 Å². The number of amides is 1. The van der Waals surface area contributed by atoms with E-state index in [4.69, 9.17) is 4.74 Å². The lowest BCUT2D eigenvalue weighted by molar-refractivity contribution is -0.384. The van der Waals surface area contributed by atoms with E-state index in [1.54, 1.807) is 37.4 Å². The summed E-state index contributed by atoms with van der Waals surface area (Å²) >= 11 is 1.28. The zero-order chi connectivity index (χ0) is 23.8.